The molecule has 2 fully saturated rings. The number of carbonyl (C=O) groups is 1. The molecule has 0 aliphatic carbocycles. The largest absolute Gasteiger partial charge is 0.352 e. The van der Waals surface area contributed by atoms with Crippen LogP contribution in [0.4, 0.5) is 0 Å². The summed E-state index contributed by atoms with van der Waals surface area (Å²) >= 11 is 0. The van der Waals surface area contributed by atoms with Crippen molar-refractivity contribution in [2.75, 3.05) is 0 Å². The maximum atomic E-state index is 12.1. The van der Waals surface area contributed by atoms with Crippen LogP contribution in [-0.2, 0) is 11.3 Å². The molecule has 1 amide bonds. The molecule has 0 saturated carbocycles. The Kier molecular flexibility index (Phi) is 4.06. The van der Waals surface area contributed by atoms with Gasteiger partial charge in [0, 0.05) is 25.0 Å². The first-order chi connectivity index (χ1) is 9.70. The monoisotopic (exact) mass is 272 g/mol. The fourth-order valence-electron chi connectivity index (χ4n) is 3.68. The molecular formula is C17H24N2O. The maximum Gasteiger partial charge on any atom is 0.220 e. The first kappa shape index (κ1) is 13.6. The average Bonchev–Trinajstić information content (AvgIpc) is 2.77. The lowest BCUT2D eigenvalue weighted by molar-refractivity contribution is -0.122. The fourth-order valence-corrected chi connectivity index (χ4v) is 3.68. The van der Waals surface area contributed by atoms with E-state index in [-0.39, 0.29) is 5.91 Å². The SMILES string of the molecule is Cc1ccccc1CNC(=O)CC1CC2CCC(C1)N2. The summed E-state index contributed by atoms with van der Waals surface area (Å²) in [7, 11) is 0. The minimum Gasteiger partial charge on any atom is -0.352 e. The molecule has 2 aliphatic heterocycles. The first-order valence-corrected chi connectivity index (χ1v) is 7.78. The van der Waals surface area contributed by atoms with Crippen LogP contribution in [-0.4, -0.2) is 18.0 Å². The molecular weight excluding hydrogens is 248 g/mol. The third-order valence-corrected chi connectivity index (χ3v) is 4.78. The minimum absolute atomic E-state index is 0.208. The van der Waals surface area contributed by atoms with Gasteiger partial charge >= 0.3 is 0 Å². The molecule has 2 unspecified atom stereocenters. The molecule has 20 heavy (non-hydrogen) atoms. The molecule has 108 valence electrons. The number of fused-ring (bicyclic) bond motifs is 2. The van der Waals surface area contributed by atoms with Crippen molar-refractivity contribution < 1.29 is 4.79 Å². The zero-order valence-corrected chi connectivity index (χ0v) is 12.2. The van der Waals surface area contributed by atoms with E-state index in [1.807, 2.05) is 12.1 Å². The minimum atomic E-state index is 0.208. The van der Waals surface area contributed by atoms with E-state index in [0.29, 0.717) is 31.0 Å². The molecule has 1 aromatic rings. The molecule has 2 N–H and O–H groups in total. The number of hydrogen-bond acceptors (Lipinski definition) is 2. The van der Waals surface area contributed by atoms with Crippen LogP contribution in [0.1, 0.15) is 43.2 Å². The van der Waals surface area contributed by atoms with Gasteiger partial charge in [-0.15, -0.1) is 0 Å². The molecule has 3 nitrogen and oxygen atoms in total. The number of rotatable bonds is 4. The second-order valence-electron chi connectivity index (χ2n) is 6.38. The Bertz CT molecular complexity index is 474. The highest BCUT2D eigenvalue weighted by Crippen LogP contribution is 2.32. The van der Waals surface area contributed by atoms with Gasteiger partial charge < -0.3 is 10.6 Å². The maximum absolute atomic E-state index is 12.1. The summed E-state index contributed by atoms with van der Waals surface area (Å²) in [5.74, 6) is 0.783. The molecule has 2 aliphatic rings. The van der Waals surface area contributed by atoms with Gasteiger partial charge in [0.1, 0.15) is 0 Å². The number of nitrogens with one attached hydrogen (secondary N) is 2. The Morgan fingerprint density at radius 1 is 1.25 bits per heavy atom. The zero-order chi connectivity index (χ0) is 13.9. The second kappa shape index (κ2) is 5.96. The van der Waals surface area contributed by atoms with E-state index in [4.69, 9.17) is 0 Å². The molecule has 1 aromatic carbocycles. The number of piperidine rings is 1. The third-order valence-electron chi connectivity index (χ3n) is 4.78. The van der Waals surface area contributed by atoms with Gasteiger partial charge in [-0.3, -0.25) is 4.79 Å². The van der Waals surface area contributed by atoms with Crippen LogP contribution in [0, 0.1) is 12.8 Å². The Balaban J connectivity index is 1.47. The van der Waals surface area contributed by atoms with Gasteiger partial charge in [0.25, 0.3) is 0 Å². The summed E-state index contributed by atoms with van der Waals surface area (Å²) in [6.45, 7) is 2.75. The van der Waals surface area contributed by atoms with E-state index in [2.05, 4.69) is 29.7 Å². The summed E-state index contributed by atoms with van der Waals surface area (Å²) in [6, 6.07) is 9.57. The highest BCUT2D eigenvalue weighted by Gasteiger charge is 2.34. The molecule has 2 bridgehead atoms. The predicted octanol–water partition coefficient (Wildman–Crippen LogP) is 2.53. The lowest BCUT2D eigenvalue weighted by Gasteiger charge is -2.28. The Labute approximate surface area is 121 Å². The summed E-state index contributed by atoms with van der Waals surface area (Å²) in [4.78, 5) is 12.1. The van der Waals surface area contributed by atoms with E-state index in [1.54, 1.807) is 0 Å². The van der Waals surface area contributed by atoms with Crippen molar-refractivity contribution in [2.45, 2.75) is 57.7 Å². The Hall–Kier alpha value is -1.35. The standard InChI is InChI=1S/C17H24N2O/c1-12-4-2-3-5-14(12)11-18-17(20)10-13-8-15-6-7-16(9-13)19-15/h2-5,13,15-16,19H,6-11H2,1H3,(H,18,20). The van der Waals surface area contributed by atoms with E-state index >= 15 is 0 Å². The number of carbonyl (C=O) groups excluding carboxylic acids is 1. The molecule has 0 spiro atoms. The van der Waals surface area contributed by atoms with Crippen molar-refractivity contribution >= 4 is 5.91 Å². The molecule has 0 radical (unpaired) electrons. The third kappa shape index (κ3) is 3.21. The summed E-state index contributed by atoms with van der Waals surface area (Å²) in [6.07, 6.45) is 5.64. The van der Waals surface area contributed by atoms with Crippen molar-refractivity contribution in [1.82, 2.24) is 10.6 Å². The quantitative estimate of drug-likeness (QED) is 0.884. The van der Waals surface area contributed by atoms with Gasteiger partial charge in [0.2, 0.25) is 5.91 Å². The highest BCUT2D eigenvalue weighted by atomic mass is 16.1. The van der Waals surface area contributed by atoms with Gasteiger partial charge in [0.05, 0.1) is 0 Å². The Morgan fingerprint density at radius 3 is 2.65 bits per heavy atom. The second-order valence-corrected chi connectivity index (χ2v) is 6.38. The Morgan fingerprint density at radius 2 is 1.95 bits per heavy atom. The lowest BCUT2D eigenvalue weighted by Crippen LogP contribution is -2.39. The van der Waals surface area contributed by atoms with Gasteiger partial charge in [-0.25, -0.2) is 0 Å². The molecule has 2 atom stereocenters. The predicted molar refractivity (Wildman–Crippen MR) is 80.3 cm³/mol. The zero-order valence-electron chi connectivity index (χ0n) is 12.2. The van der Waals surface area contributed by atoms with E-state index in [1.165, 1.54) is 36.8 Å². The van der Waals surface area contributed by atoms with Crippen LogP contribution in [0.3, 0.4) is 0 Å². The fraction of sp³-hybridized carbons (Fsp3) is 0.588. The van der Waals surface area contributed by atoms with E-state index in [0.717, 1.165) is 0 Å². The van der Waals surface area contributed by atoms with Crippen molar-refractivity contribution in [2.24, 2.45) is 5.92 Å². The van der Waals surface area contributed by atoms with Crippen molar-refractivity contribution in [1.29, 1.82) is 0 Å². The molecule has 3 rings (SSSR count). The smallest absolute Gasteiger partial charge is 0.220 e. The summed E-state index contributed by atoms with van der Waals surface area (Å²) < 4.78 is 0. The van der Waals surface area contributed by atoms with Crippen molar-refractivity contribution in [3.05, 3.63) is 35.4 Å². The molecule has 2 saturated heterocycles. The van der Waals surface area contributed by atoms with Gasteiger partial charge in [-0.05, 0) is 49.7 Å². The van der Waals surface area contributed by atoms with Gasteiger partial charge in [-0.1, -0.05) is 24.3 Å². The number of amides is 1. The first-order valence-electron chi connectivity index (χ1n) is 7.78. The van der Waals surface area contributed by atoms with Gasteiger partial charge in [-0.2, -0.15) is 0 Å². The van der Waals surface area contributed by atoms with E-state index < -0.39 is 0 Å². The topological polar surface area (TPSA) is 41.1 Å². The van der Waals surface area contributed by atoms with Crippen LogP contribution >= 0.6 is 0 Å². The molecule has 2 heterocycles. The number of aryl methyl sites for hydroxylation is 1. The number of hydrogen-bond donors (Lipinski definition) is 2. The highest BCUT2D eigenvalue weighted by molar-refractivity contribution is 5.76. The number of benzene rings is 1. The summed E-state index contributed by atoms with van der Waals surface area (Å²) in [5, 5.41) is 6.70. The van der Waals surface area contributed by atoms with Crippen LogP contribution in [0.15, 0.2) is 24.3 Å². The average molecular weight is 272 g/mol. The summed E-state index contributed by atoms with van der Waals surface area (Å²) in [5.41, 5.74) is 2.46. The normalized spacial score (nSPS) is 28.4. The van der Waals surface area contributed by atoms with Crippen LogP contribution in [0.2, 0.25) is 0 Å². The van der Waals surface area contributed by atoms with Crippen LogP contribution in [0.25, 0.3) is 0 Å². The van der Waals surface area contributed by atoms with Gasteiger partial charge in [0.15, 0.2) is 0 Å². The van der Waals surface area contributed by atoms with Crippen molar-refractivity contribution in [3.63, 3.8) is 0 Å². The van der Waals surface area contributed by atoms with Crippen LogP contribution in [0.5, 0.6) is 0 Å². The van der Waals surface area contributed by atoms with E-state index in [9.17, 15) is 4.79 Å². The lowest BCUT2D eigenvalue weighted by atomic mass is 9.89. The molecule has 0 aromatic heterocycles. The van der Waals surface area contributed by atoms with Crippen molar-refractivity contribution in [3.8, 4) is 0 Å². The molecule has 3 heteroatoms. The van der Waals surface area contributed by atoms with Crippen LogP contribution < -0.4 is 10.6 Å².